The summed E-state index contributed by atoms with van der Waals surface area (Å²) in [5.74, 6) is 0.512. The molecule has 0 aliphatic heterocycles. The van der Waals surface area contributed by atoms with Crippen LogP contribution in [0.2, 0.25) is 5.02 Å². The van der Waals surface area contributed by atoms with Crippen molar-refractivity contribution in [3.63, 3.8) is 0 Å². The molecular formula is C13H12ClN3O3. The lowest BCUT2D eigenvalue weighted by Crippen LogP contribution is -2.00. The average molecular weight is 294 g/mol. The van der Waals surface area contributed by atoms with E-state index in [1.165, 1.54) is 18.5 Å². The summed E-state index contributed by atoms with van der Waals surface area (Å²) in [4.78, 5) is 14.4. The molecule has 1 aromatic heterocycles. The molecule has 2 rings (SSSR count). The predicted octanol–water partition coefficient (Wildman–Crippen LogP) is 3.26. The Morgan fingerprint density at radius 3 is 2.85 bits per heavy atom. The number of halogens is 1. The highest BCUT2D eigenvalue weighted by Crippen LogP contribution is 2.25. The van der Waals surface area contributed by atoms with Crippen LogP contribution in [0.25, 0.3) is 0 Å². The molecule has 104 valence electrons. The highest BCUT2D eigenvalue weighted by atomic mass is 35.5. The van der Waals surface area contributed by atoms with Gasteiger partial charge in [0.2, 0.25) is 0 Å². The molecule has 0 fully saturated rings. The minimum absolute atomic E-state index is 0.0119. The minimum atomic E-state index is -0.434. The van der Waals surface area contributed by atoms with Crippen molar-refractivity contribution in [2.75, 3.05) is 12.4 Å². The van der Waals surface area contributed by atoms with E-state index >= 15 is 0 Å². The van der Waals surface area contributed by atoms with Crippen LogP contribution in [-0.4, -0.2) is 17.0 Å². The number of ether oxygens (including phenoxy) is 1. The lowest BCUT2D eigenvalue weighted by Gasteiger charge is -2.08. The van der Waals surface area contributed by atoms with Crippen LogP contribution < -0.4 is 10.1 Å². The van der Waals surface area contributed by atoms with E-state index in [0.29, 0.717) is 22.0 Å². The lowest BCUT2D eigenvalue weighted by molar-refractivity contribution is -0.384. The number of benzene rings is 1. The molecule has 0 saturated carbocycles. The first-order chi connectivity index (χ1) is 9.60. The number of nitrogens with zero attached hydrogens (tertiary/aromatic N) is 2. The second-order valence-electron chi connectivity index (χ2n) is 3.99. The van der Waals surface area contributed by atoms with Crippen LogP contribution in [0.3, 0.4) is 0 Å². The first-order valence-corrected chi connectivity index (χ1v) is 6.16. The molecule has 0 radical (unpaired) electrons. The number of nitro groups is 1. The smallest absolute Gasteiger partial charge is 0.292 e. The largest absolute Gasteiger partial charge is 0.487 e. The monoisotopic (exact) mass is 293 g/mol. The summed E-state index contributed by atoms with van der Waals surface area (Å²) in [6, 6.07) is 6.51. The van der Waals surface area contributed by atoms with Crippen molar-refractivity contribution in [2.24, 2.45) is 0 Å². The lowest BCUT2D eigenvalue weighted by atomic mass is 10.2. The van der Waals surface area contributed by atoms with E-state index < -0.39 is 4.92 Å². The zero-order valence-corrected chi connectivity index (χ0v) is 11.4. The van der Waals surface area contributed by atoms with E-state index in [1.807, 2.05) is 0 Å². The van der Waals surface area contributed by atoms with Gasteiger partial charge in [-0.25, -0.2) is 0 Å². The third-order valence-corrected chi connectivity index (χ3v) is 2.82. The maximum Gasteiger partial charge on any atom is 0.292 e. The van der Waals surface area contributed by atoms with Crippen molar-refractivity contribution in [3.8, 4) is 5.75 Å². The number of aromatic nitrogens is 1. The maximum absolute atomic E-state index is 10.9. The van der Waals surface area contributed by atoms with Crippen molar-refractivity contribution in [1.29, 1.82) is 0 Å². The van der Waals surface area contributed by atoms with E-state index in [1.54, 1.807) is 25.2 Å². The number of rotatable bonds is 5. The summed E-state index contributed by atoms with van der Waals surface area (Å²) in [5.41, 5.74) is 1.16. The van der Waals surface area contributed by atoms with Gasteiger partial charge in [0.25, 0.3) is 5.69 Å². The van der Waals surface area contributed by atoms with Gasteiger partial charge in [0.1, 0.15) is 18.0 Å². The fourth-order valence-electron chi connectivity index (χ4n) is 1.67. The number of pyridine rings is 1. The minimum Gasteiger partial charge on any atom is -0.487 e. The molecule has 0 aliphatic rings. The zero-order valence-electron chi connectivity index (χ0n) is 10.7. The molecule has 7 heteroatoms. The molecule has 1 N–H and O–H groups in total. The quantitative estimate of drug-likeness (QED) is 0.676. The van der Waals surface area contributed by atoms with Gasteiger partial charge in [-0.15, -0.1) is 0 Å². The molecule has 0 spiro atoms. The number of nitrogens with one attached hydrogen (secondary N) is 1. The zero-order chi connectivity index (χ0) is 14.5. The number of anilines is 1. The fraction of sp³-hybridized carbons (Fsp3) is 0.154. The van der Waals surface area contributed by atoms with E-state index in [0.717, 1.165) is 0 Å². The highest BCUT2D eigenvalue weighted by Gasteiger charge is 2.13. The van der Waals surface area contributed by atoms with Gasteiger partial charge < -0.3 is 10.1 Å². The Balaban J connectivity index is 2.14. The Morgan fingerprint density at radius 2 is 2.20 bits per heavy atom. The van der Waals surface area contributed by atoms with Crippen LogP contribution in [0.1, 0.15) is 5.56 Å². The molecule has 20 heavy (non-hydrogen) atoms. The van der Waals surface area contributed by atoms with Crippen LogP contribution in [0.5, 0.6) is 5.75 Å². The fourth-order valence-corrected chi connectivity index (χ4v) is 1.83. The summed E-state index contributed by atoms with van der Waals surface area (Å²) >= 11 is 5.79. The molecule has 1 aromatic carbocycles. The predicted molar refractivity (Wildman–Crippen MR) is 76.2 cm³/mol. The normalized spacial score (nSPS) is 10.1. The van der Waals surface area contributed by atoms with Gasteiger partial charge in [0, 0.05) is 25.4 Å². The van der Waals surface area contributed by atoms with Crippen LogP contribution in [0.4, 0.5) is 11.4 Å². The third kappa shape index (κ3) is 3.36. The second kappa shape index (κ2) is 6.21. The molecule has 0 saturated heterocycles. The third-order valence-electron chi connectivity index (χ3n) is 2.61. The van der Waals surface area contributed by atoms with Gasteiger partial charge >= 0.3 is 0 Å². The first-order valence-electron chi connectivity index (χ1n) is 5.78. The van der Waals surface area contributed by atoms with E-state index in [2.05, 4.69) is 10.3 Å². The second-order valence-corrected chi connectivity index (χ2v) is 4.42. The molecule has 1 heterocycles. The molecule has 0 unspecified atom stereocenters. The van der Waals surface area contributed by atoms with Crippen molar-refractivity contribution < 1.29 is 9.66 Å². The highest BCUT2D eigenvalue weighted by molar-refractivity contribution is 6.30. The summed E-state index contributed by atoms with van der Waals surface area (Å²) in [5, 5.41) is 14.2. The summed E-state index contributed by atoms with van der Waals surface area (Å²) in [6.45, 7) is 0.201. The van der Waals surface area contributed by atoms with E-state index in [4.69, 9.17) is 16.3 Å². The van der Waals surface area contributed by atoms with Crippen molar-refractivity contribution >= 4 is 23.0 Å². The molecule has 0 aliphatic carbocycles. The van der Waals surface area contributed by atoms with Crippen LogP contribution in [0, 0.1) is 10.1 Å². The van der Waals surface area contributed by atoms with Gasteiger partial charge in [0.15, 0.2) is 0 Å². The van der Waals surface area contributed by atoms with Gasteiger partial charge in [-0.05, 0) is 11.6 Å². The van der Waals surface area contributed by atoms with Crippen molar-refractivity contribution in [3.05, 3.63) is 57.4 Å². The topological polar surface area (TPSA) is 77.3 Å². The van der Waals surface area contributed by atoms with Gasteiger partial charge in [-0.2, -0.15) is 0 Å². The Hall–Kier alpha value is -2.34. The summed E-state index contributed by atoms with van der Waals surface area (Å²) < 4.78 is 5.49. The number of hydrogen-bond donors (Lipinski definition) is 1. The Labute approximate surface area is 120 Å². The molecule has 0 atom stereocenters. The van der Waals surface area contributed by atoms with Crippen LogP contribution in [-0.2, 0) is 6.61 Å². The van der Waals surface area contributed by atoms with Crippen LogP contribution in [0.15, 0.2) is 36.7 Å². The molecular weight excluding hydrogens is 282 g/mol. The standard InChI is InChI=1S/C13H12ClN3O3/c1-15-12-3-2-9(4-13(12)17(18)19)8-20-11-5-10(14)6-16-7-11/h2-7,15H,8H2,1H3. The van der Waals surface area contributed by atoms with Crippen LogP contribution >= 0.6 is 11.6 Å². The molecule has 6 nitrogen and oxygen atoms in total. The first kappa shape index (κ1) is 14.1. The number of nitro benzene ring substituents is 1. The SMILES string of the molecule is CNc1ccc(COc2cncc(Cl)c2)cc1[N+](=O)[O-]. The van der Waals surface area contributed by atoms with Gasteiger partial charge in [-0.3, -0.25) is 15.1 Å². The van der Waals surface area contributed by atoms with Gasteiger partial charge in [0.05, 0.1) is 16.1 Å². The molecule has 2 aromatic rings. The Kier molecular flexibility index (Phi) is 4.37. The summed E-state index contributed by atoms with van der Waals surface area (Å²) in [7, 11) is 1.64. The summed E-state index contributed by atoms with van der Waals surface area (Å²) in [6.07, 6.45) is 3.03. The maximum atomic E-state index is 10.9. The Bertz CT molecular complexity index is 634. The van der Waals surface area contributed by atoms with Crippen molar-refractivity contribution in [1.82, 2.24) is 4.98 Å². The van der Waals surface area contributed by atoms with E-state index in [9.17, 15) is 10.1 Å². The number of hydrogen-bond acceptors (Lipinski definition) is 5. The van der Waals surface area contributed by atoms with Crippen molar-refractivity contribution in [2.45, 2.75) is 6.61 Å². The van der Waals surface area contributed by atoms with Gasteiger partial charge in [-0.1, -0.05) is 17.7 Å². The average Bonchev–Trinajstić information content (AvgIpc) is 2.45. The molecule has 0 bridgehead atoms. The Morgan fingerprint density at radius 1 is 1.40 bits per heavy atom. The van der Waals surface area contributed by atoms with E-state index in [-0.39, 0.29) is 12.3 Å². The molecule has 0 amide bonds.